The molecule has 2 rings (SSSR count). The second-order valence-electron chi connectivity index (χ2n) is 6.40. The third-order valence-corrected chi connectivity index (χ3v) is 5.95. The van der Waals surface area contributed by atoms with Crippen molar-refractivity contribution >= 4 is 50.6 Å². The largest absolute Gasteiger partial charge is 0.383 e. The number of H-pyrrole nitrogens is 1. The topological polar surface area (TPSA) is 121 Å². The number of hydrogen-bond acceptors (Lipinski definition) is 6. The molecule has 0 fully saturated rings. The van der Waals surface area contributed by atoms with E-state index in [0.717, 1.165) is 10.2 Å². The van der Waals surface area contributed by atoms with Gasteiger partial charge in [0, 0.05) is 20.1 Å². The van der Waals surface area contributed by atoms with Crippen LogP contribution in [-0.4, -0.2) is 46.4 Å². The Kier molecular flexibility index (Phi) is 7.80. The number of nitrogens with zero attached hydrogens (tertiary/aromatic N) is 3. The highest BCUT2D eigenvalue weighted by Gasteiger charge is 2.25. The molecule has 0 aromatic carbocycles. The Morgan fingerprint density at radius 2 is 1.97 bits per heavy atom. The SMILES string of the molecule is CCCCn1c(N)c(N(CC)C(=O)CN(C)C(=O)c2ccc(Br)s2)c(=O)[nH]c1=O. The molecule has 0 saturated carbocycles. The molecule has 11 heteroatoms. The maximum Gasteiger partial charge on any atom is 0.330 e. The Labute approximate surface area is 180 Å². The lowest BCUT2D eigenvalue weighted by Gasteiger charge is -2.25. The summed E-state index contributed by atoms with van der Waals surface area (Å²) in [5.41, 5.74) is 4.68. The van der Waals surface area contributed by atoms with E-state index in [1.165, 1.54) is 32.8 Å². The number of rotatable bonds is 8. The van der Waals surface area contributed by atoms with Gasteiger partial charge in [-0.15, -0.1) is 11.3 Å². The summed E-state index contributed by atoms with van der Waals surface area (Å²) in [5.74, 6) is -0.838. The standard InChI is InChI=1S/C18H24BrN5O4S/c1-4-6-9-24-15(20)14(16(26)21-18(24)28)23(5-2)13(25)10-22(3)17(27)11-7-8-12(19)29-11/h7-8H,4-6,9-10,20H2,1-3H3,(H,21,26,28). The summed E-state index contributed by atoms with van der Waals surface area (Å²) in [6, 6.07) is 3.42. The summed E-state index contributed by atoms with van der Waals surface area (Å²) >= 11 is 4.57. The maximum atomic E-state index is 12.9. The molecule has 0 aliphatic heterocycles. The lowest BCUT2D eigenvalue weighted by atomic mass is 10.3. The minimum atomic E-state index is -0.730. The number of thiophene rings is 1. The van der Waals surface area contributed by atoms with E-state index in [9.17, 15) is 19.2 Å². The first-order valence-corrected chi connectivity index (χ1v) is 10.8. The quantitative estimate of drug-likeness (QED) is 0.590. The van der Waals surface area contributed by atoms with Crippen LogP contribution in [0.15, 0.2) is 25.5 Å². The fourth-order valence-corrected chi connectivity index (χ4v) is 4.19. The van der Waals surface area contributed by atoms with Crippen LogP contribution in [0.2, 0.25) is 0 Å². The Hall–Kier alpha value is -2.40. The molecule has 2 aromatic rings. The molecule has 3 N–H and O–H groups in total. The normalized spacial score (nSPS) is 10.8. The molecule has 0 unspecified atom stereocenters. The fourth-order valence-electron chi connectivity index (χ4n) is 2.81. The number of carbonyl (C=O) groups is 2. The molecular weight excluding hydrogens is 462 g/mol. The van der Waals surface area contributed by atoms with Gasteiger partial charge in [-0.25, -0.2) is 4.79 Å². The molecule has 0 spiro atoms. The molecule has 2 amide bonds. The zero-order valence-corrected chi connectivity index (χ0v) is 18.9. The molecule has 0 bridgehead atoms. The number of likely N-dealkylation sites (N-methyl/N-ethyl adjacent to an activating group) is 2. The van der Waals surface area contributed by atoms with Crippen molar-refractivity contribution in [1.82, 2.24) is 14.5 Å². The van der Waals surface area contributed by atoms with Crippen LogP contribution in [0.1, 0.15) is 36.4 Å². The fraction of sp³-hybridized carbons (Fsp3) is 0.444. The second kappa shape index (κ2) is 9.88. The molecule has 29 heavy (non-hydrogen) atoms. The molecule has 0 atom stereocenters. The summed E-state index contributed by atoms with van der Waals surface area (Å²) in [4.78, 5) is 55.1. The van der Waals surface area contributed by atoms with Gasteiger partial charge in [0.05, 0.1) is 8.66 Å². The van der Waals surface area contributed by atoms with E-state index in [0.29, 0.717) is 17.8 Å². The zero-order valence-electron chi connectivity index (χ0n) is 16.5. The van der Waals surface area contributed by atoms with Gasteiger partial charge in [-0.1, -0.05) is 13.3 Å². The predicted molar refractivity (Wildman–Crippen MR) is 118 cm³/mol. The number of aromatic nitrogens is 2. The van der Waals surface area contributed by atoms with E-state index < -0.39 is 17.2 Å². The van der Waals surface area contributed by atoms with Crippen molar-refractivity contribution in [3.8, 4) is 0 Å². The molecule has 0 aliphatic rings. The average Bonchev–Trinajstić information content (AvgIpc) is 3.10. The van der Waals surface area contributed by atoms with Gasteiger partial charge < -0.3 is 15.5 Å². The monoisotopic (exact) mass is 485 g/mol. The number of amides is 2. The van der Waals surface area contributed by atoms with Crippen LogP contribution in [0.3, 0.4) is 0 Å². The summed E-state index contributed by atoms with van der Waals surface area (Å²) in [6.45, 7) is 3.91. The molecule has 9 nitrogen and oxygen atoms in total. The van der Waals surface area contributed by atoms with Crippen molar-refractivity contribution in [3.63, 3.8) is 0 Å². The highest BCUT2D eigenvalue weighted by Crippen LogP contribution is 2.23. The number of unbranched alkanes of at least 4 members (excludes halogenated alkanes) is 1. The third-order valence-electron chi connectivity index (χ3n) is 4.34. The minimum absolute atomic E-state index is 0.0569. The van der Waals surface area contributed by atoms with Crippen LogP contribution in [0.4, 0.5) is 11.5 Å². The van der Waals surface area contributed by atoms with Gasteiger partial charge in [0.1, 0.15) is 12.4 Å². The number of hydrogen-bond donors (Lipinski definition) is 2. The van der Waals surface area contributed by atoms with Crippen LogP contribution in [-0.2, 0) is 11.3 Å². The summed E-state index contributed by atoms with van der Waals surface area (Å²) in [5, 5.41) is 0. The van der Waals surface area contributed by atoms with Gasteiger partial charge in [0.15, 0.2) is 5.69 Å². The van der Waals surface area contributed by atoms with Crippen LogP contribution in [0.5, 0.6) is 0 Å². The zero-order chi connectivity index (χ0) is 21.7. The first kappa shape index (κ1) is 22.9. The Morgan fingerprint density at radius 1 is 1.28 bits per heavy atom. The van der Waals surface area contributed by atoms with E-state index in [-0.39, 0.29) is 30.5 Å². The first-order chi connectivity index (χ1) is 13.7. The number of nitrogens with one attached hydrogen (secondary N) is 1. The molecule has 0 radical (unpaired) electrons. The van der Waals surface area contributed by atoms with Crippen LogP contribution >= 0.6 is 27.3 Å². The molecule has 2 heterocycles. The first-order valence-electron chi connectivity index (χ1n) is 9.14. The molecule has 0 aliphatic carbocycles. The van der Waals surface area contributed by atoms with Crippen molar-refractivity contribution < 1.29 is 9.59 Å². The lowest BCUT2D eigenvalue weighted by molar-refractivity contribution is -0.119. The number of nitrogen functional groups attached to an aromatic ring is 1. The van der Waals surface area contributed by atoms with E-state index in [4.69, 9.17) is 5.73 Å². The molecule has 158 valence electrons. The Bertz CT molecular complexity index is 1010. The van der Waals surface area contributed by atoms with Gasteiger partial charge in [-0.2, -0.15) is 0 Å². The van der Waals surface area contributed by atoms with E-state index in [2.05, 4.69) is 20.9 Å². The smallest absolute Gasteiger partial charge is 0.330 e. The summed E-state index contributed by atoms with van der Waals surface area (Å²) in [6.07, 6.45) is 1.53. The maximum absolute atomic E-state index is 12.9. The number of carbonyl (C=O) groups excluding carboxylic acids is 2. The van der Waals surface area contributed by atoms with Gasteiger partial charge in [-0.3, -0.25) is 23.9 Å². The van der Waals surface area contributed by atoms with Gasteiger partial charge in [0.2, 0.25) is 5.91 Å². The number of anilines is 2. The third kappa shape index (κ3) is 5.15. The molecular formula is C18H24BrN5O4S. The molecule has 0 saturated heterocycles. The van der Waals surface area contributed by atoms with Crippen molar-refractivity contribution in [1.29, 1.82) is 0 Å². The number of aromatic amines is 1. The number of nitrogens with two attached hydrogens (primary N) is 1. The second-order valence-corrected chi connectivity index (χ2v) is 8.86. The summed E-state index contributed by atoms with van der Waals surface area (Å²) in [7, 11) is 1.51. The highest BCUT2D eigenvalue weighted by molar-refractivity contribution is 9.11. The Morgan fingerprint density at radius 3 is 2.52 bits per heavy atom. The van der Waals surface area contributed by atoms with E-state index in [1.54, 1.807) is 19.1 Å². The average molecular weight is 486 g/mol. The molecule has 2 aromatic heterocycles. The lowest BCUT2D eigenvalue weighted by Crippen LogP contribution is -2.45. The van der Waals surface area contributed by atoms with Crippen molar-refractivity contribution in [2.75, 3.05) is 30.8 Å². The highest BCUT2D eigenvalue weighted by atomic mass is 79.9. The van der Waals surface area contributed by atoms with Crippen LogP contribution in [0, 0.1) is 0 Å². The van der Waals surface area contributed by atoms with Crippen molar-refractivity contribution in [2.45, 2.75) is 33.2 Å². The van der Waals surface area contributed by atoms with Gasteiger partial charge in [0.25, 0.3) is 11.5 Å². The Balaban J connectivity index is 2.30. The van der Waals surface area contributed by atoms with Crippen LogP contribution in [0.25, 0.3) is 0 Å². The van der Waals surface area contributed by atoms with Crippen molar-refractivity contribution in [2.24, 2.45) is 0 Å². The number of halogens is 1. The minimum Gasteiger partial charge on any atom is -0.383 e. The van der Waals surface area contributed by atoms with Crippen molar-refractivity contribution in [3.05, 3.63) is 41.6 Å². The summed E-state index contributed by atoms with van der Waals surface area (Å²) < 4.78 is 2.07. The van der Waals surface area contributed by atoms with Gasteiger partial charge in [-0.05, 0) is 41.4 Å². The van der Waals surface area contributed by atoms with E-state index >= 15 is 0 Å². The van der Waals surface area contributed by atoms with Crippen LogP contribution < -0.4 is 21.9 Å². The van der Waals surface area contributed by atoms with E-state index in [1.807, 2.05) is 6.92 Å². The van der Waals surface area contributed by atoms with Gasteiger partial charge >= 0.3 is 5.69 Å². The predicted octanol–water partition coefficient (Wildman–Crippen LogP) is 1.87.